The van der Waals surface area contributed by atoms with Gasteiger partial charge in [0.05, 0.1) is 6.61 Å². The molecule has 23 heavy (non-hydrogen) atoms. The van der Waals surface area contributed by atoms with E-state index in [4.69, 9.17) is 14.6 Å². The third-order valence-electron chi connectivity index (χ3n) is 2.51. The summed E-state index contributed by atoms with van der Waals surface area (Å²) < 4.78 is 10.6. The number of alkyl carbamates (subject to hydrolysis) is 1. The van der Waals surface area contributed by atoms with Crippen molar-refractivity contribution in [1.29, 1.82) is 0 Å². The van der Waals surface area contributed by atoms with Gasteiger partial charge in [-0.05, 0) is 32.9 Å². The Morgan fingerprint density at radius 3 is 2.48 bits per heavy atom. The smallest absolute Gasteiger partial charge is 0.408 e. The summed E-state index contributed by atoms with van der Waals surface area (Å²) in [4.78, 5) is 22.8. The fourth-order valence-corrected chi connectivity index (χ4v) is 2.39. The second kappa shape index (κ2) is 9.29. The quantitative estimate of drug-likeness (QED) is 0.707. The van der Waals surface area contributed by atoms with E-state index in [1.807, 2.05) is 30.3 Å². The molecule has 0 heterocycles. The van der Waals surface area contributed by atoms with Gasteiger partial charge in [0.25, 0.3) is 0 Å². The number of benzene rings is 1. The molecular weight excluding hydrogens is 318 g/mol. The maximum atomic E-state index is 11.6. The largest absolute Gasteiger partial charge is 0.493 e. The molecule has 128 valence electrons. The summed E-state index contributed by atoms with van der Waals surface area (Å²) >= 11 is 1.39. The number of rotatable bonds is 8. The first kappa shape index (κ1) is 19.2. The molecule has 0 saturated heterocycles. The van der Waals surface area contributed by atoms with Crippen LogP contribution >= 0.6 is 11.8 Å². The number of ether oxygens (including phenoxy) is 2. The first-order chi connectivity index (χ1) is 10.8. The molecule has 0 aliphatic carbocycles. The molecule has 7 heteroatoms. The van der Waals surface area contributed by atoms with Crippen LogP contribution < -0.4 is 10.1 Å². The number of para-hydroxylation sites is 1. The Kier molecular flexibility index (Phi) is 7.74. The molecule has 6 nitrogen and oxygen atoms in total. The summed E-state index contributed by atoms with van der Waals surface area (Å²) in [5.41, 5.74) is -0.663. The number of carbonyl (C=O) groups excluding carboxylic acids is 1. The van der Waals surface area contributed by atoms with Crippen LogP contribution in [-0.4, -0.2) is 46.9 Å². The first-order valence-electron chi connectivity index (χ1n) is 7.26. The van der Waals surface area contributed by atoms with E-state index in [9.17, 15) is 9.59 Å². The van der Waals surface area contributed by atoms with Crippen LogP contribution in [0.25, 0.3) is 0 Å². The van der Waals surface area contributed by atoms with E-state index in [0.717, 1.165) is 5.75 Å². The highest BCUT2D eigenvalue weighted by atomic mass is 32.2. The summed E-state index contributed by atoms with van der Waals surface area (Å²) in [6.07, 6.45) is -0.731. The van der Waals surface area contributed by atoms with Crippen molar-refractivity contribution in [1.82, 2.24) is 5.32 Å². The van der Waals surface area contributed by atoms with Crippen LogP contribution in [0.2, 0.25) is 0 Å². The fourth-order valence-electron chi connectivity index (χ4n) is 1.56. The number of hydrogen-bond acceptors (Lipinski definition) is 5. The number of thioether (sulfide) groups is 1. The molecule has 0 radical (unpaired) electrons. The van der Waals surface area contributed by atoms with Gasteiger partial charge in [0.2, 0.25) is 0 Å². The molecular formula is C16H23NO5S. The Balaban J connectivity index is 2.28. The van der Waals surface area contributed by atoms with Crippen molar-refractivity contribution in [3.63, 3.8) is 0 Å². The average molecular weight is 341 g/mol. The molecule has 0 spiro atoms. The monoisotopic (exact) mass is 341 g/mol. The van der Waals surface area contributed by atoms with Crippen molar-refractivity contribution >= 4 is 23.8 Å². The van der Waals surface area contributed by atoms with Crippen LogP contribution in [0.3, 0.4) is 0 Å². The molecule has 0 aliphatic heterocycles. The summed E-state index contributed by atoms with van der Waals surface area (Å²) in [6.45, 7) is 5.63. The number of aliphatic carboxylic acids is 1. The Morgan fingerprint density at radius 2 is 1.91 bits per heavy atom. The molecule has 1 rings (SSSR count). The highest BCUT2D eigenvalue weighted by Crippen LogP contribution is 2.11. The molecule has 0 saturated carbocycles. The number of amides is 1. The van der Waals surface area contributed by atoms with Gasteiger partial charge in [0, 0.05) is 11.5 Å². The van der Waals surface area contributed by atoms with Gasteiger partial charge in [0.15, 0.2) is 0 Å². The molecule has 1 atom stereocenters. The van der Waals surface area contributed by atoms with Crippen LogP contribution in [0, 0.1) is 0 Å². The van der Waals surface area contributed by atoms with E-state index < -0.39 is 23.7 Å². The van der Waals surface area contributed by atoms with E-state index in [-0.39, 0.29) is 5.75 Å². The maximum Gasteiger partial charge on any atom is 0.408 e. The van der Waals surface area contributed by atoms with Crippen molar-refractivity contribution in [2.45, 2.75) is 32.4 Å². The SMILES string of the molecule is CC(C)(C)OC(=O)NC(CSCCOc1ccccc1)C(=O)O. The average Bonchev–Trinajstić information content (AvgIpc) is 2.44. The lowest BCUT2D eigenvalue weighted by molar-refractivity contribution is -0.138. The van der Waals surface area contributed by atoms with E-state index in [2.05, 4.69) is 5.32 Å². The molecule has 1 aromatic rings. The van der Waals surface area contributed by atoms with E-state index in [1.165, 1.54) is 11.8 Å². The third kappa shape index (κ3) is 8.97. The lowest BCUT2D eigenvalue weighted by atomic mass is 10.2. The van der Waals surface area contributed by atoms with E-state index in [1.54, 1.807) is 20.8 Å². The maximum absolute atomic E-state index is 11.6. The van der Waals surface area contributed by atoms with Crippen molar-refractivity contribution in [3.05, 3.63) is 30.3 Å². The van der Waals surface area contributed by atoms with Gasteiger partial charge in [-0.3, -0.25) is 0 Å². The summed E-state index contributed by atoms with van der Waals surface area (Å²) in [7, 11) is 0. The van der Waals surface area contributed by atoms with Crippen molar-refractivity contribution in [3.8, 4) is 5.75 Å². The van der Waals surface area contributed by atoms with Gasteiger partial charge in [-0.15, -0.1) is 0 Å². The number of carboxylic acids is 1. The summed E-state index contributed by atoms with van der Waals surface area (Å²) in [5.74, 6) is 0.545. The number of hydrogen-bond donors (Lipinski definition) is 2. The van der Waals surface area contributed by atoms with Gasteiger partial charge >= 0.3 is 12.1 Å². The number of carbonyl (C=O) groups is 2. The number of nitrogens with one attached hydrogen (secondary N) is 1. The van der Waals surface area contributed by atoms with Gasteiger partial charge in [-0.2, -0.15) is 11.8 Å². The highest BCUT2D eigenvalue weighted by Gasteiger charge is 2.23. The molecule has 0 fully saturated rings. The Bertz CT molecular complexity index is 501. The Morgan fingerprint density at radius 1 is 1.26 bits per heavy atom. The van der Waals surface area contributed by atoms with E-state index in [0.29, 0.717) is 12.4 Å². The predicted molar refractivity (Wildman–Crippen MR) is 90.1 cm³/mol. The van der Waals surface area contributed by atoms with Crippen molar-refractivity contribution in [2.75, 3.05) is 18.1 Å². The number of carboxylic acid groups (broad SMARTS) is 1. The van der Waals surface area contributed by atoms with Crippen LogP contribution in [0.5, 0.6) is 5.75 Å². The Hall–Kier alpha value is -1.89. The minimum absolute atomic E-state index is 0.243. The normalized spacial score (nSPS) is 12.3. The lowest BCUT2D eigenvalue weighted by Crippen LogP contribution is -2.45. The highest BCUT2D eigenvalue weighted by molar-refractivity contribution is 7.99. The molecule has 2 N–H and O–H groups in total. The van der Waals surface area contributed by atoms with Gasteiger partial charge in [0.1, 0.15) is 17.4 Å². The fraction of sp³-hybridized carbons (Fsp3) is 0.500. The Labute approximate surface area is 140 Å². The minimum atomic E-state index is -1.09. The minimum Gasteiger partial charge on any atom is -0.493 e. The van der Waals surface area contributed by atoms with Crippen molar-refractivity contribution in [2.24, 2.45) is 0 Å². The van der Waals surface area contributed by atoms with Crippen LogP contribution in [0.1, 0.15) is 20.8 Å². The van der Waals surface area contributed by atoms with Crippen molar-refractivity contribution < 1.29 is 24.2 Å². The third-order valence-corrected chi connectivity index (χ3v) is 3.54. The molecule has 1 amide bonds. The van der Waals surface area contributed by atoms with Gasteiger partial charge in [-0.1, -0.05) is 18.2 Å². The lowest BCUT2D eigenvalue weighted by Gasteiger charge is -2.21. The topological polar surface area (TPSA) is 84.9 Å². The first-order valence-corrected chi connectivity index (χ1v) is 8.41. The van der Waals surface area contributed by atoms with Gasteiger partial charge < -0.3 is 19.9 Å². The van der Waals surface area contributed by atoms with E-state index >= 15 is 0 Å². The molecule has 1 unspecified atom stereocenters. The van der Waals surface area contributed by atoms with Crippen LogP contribution in [-0.2, 0) is 9.53 Å². The summed E-state index contributed by atoms with van der Waals surface area (Å²) in [5, 5.41) is 11.5. The molecule has 0 aromatic heterocycles. The standard InChI is InChI=1S/C16H23NO5S/c1-16(2,3)22-15(20)17-13(14(18)19)11-23-10-9-21-12-7-5-4-6-8-12/h4-8,13H,9-11H2,1-3H3,(H,17,20)(H,18,19). The molecule has 0 bridgehead atoms. The zero-order valence-corrected chi connectivity index (χ0v) is 14.4. The predicted octanol–water partition coefficient (Wildman–Crippen LogP) is 2.78. The second-order valence-electron chi connectivity index (χ2n) is 5.77. The zero-order valence-electron chi connectivity index (χ0n) is 13.6. The zero-order chi connectivity index (χ0) is 17.3. The molecule has 1 aromatic carbocycles. The van der Waals surface area contributed by atoms with Crippen LogP contribution in [0.4, 0.5) is 4.79 Å². The summed E-state index contributed by atoms with van der Waals surface area (Å²) in [6, 6.07) is 8.39. The van der Waals surface area contributed by atoms with Crippen LogP contribution in [0.15, 0.2) is 30.3 Å². The second-order valence-corrected chi connectivity index (χ2v) is 6.92. The van der Waals surface area contributed by atoms with Gasteiger partial charge in [-0.25, -0.2) is 9.59 Å². The molecule has 0 aliphatic rings.